The summed E-state index contributed by atoms with van der Waals surface area (Å²) in [7, 11) is 0. The molecule has 1 aliphatic heterocycles. The summed E-state index contributed by atoms with van der Waals surface area (Å²) < 4.78 is 9.11. The van der Waals surface area contributed by atoms with Crippen LogP contribution in [0.1, 0.15) is 6.92 Å². The Morgan fingerprint density at radius 1 is 1.89 bits per heavy atom. The van der Waals surface area contributed by atoms with Crippen LogP contribution in [-0.2, 0) is 9.47 Å². The Hall–Kier alpha value is -0.440. The number of carbonyl (C=O) groups excluding carboxylic acids is 1. The average Bonchev–Trinajstić information content (AvgIpc) is 2.14. The second-order valence-corrected chi connectivity index (χ2v) is 2.58. The molecule has 4 heteroatoms. The van der Waals surface area contributed by atoms with Crippen molar-refractivity contribution in [3.05, 3.63) is 0 Å². The maximum atomic E-state index is 10.3. The number of halogens is 1. The Balaban J connectivity index is 2.39. The molecule has 0 spiro atoms. The summed E-state index contributed by atoms with van der Waals surface area (Å²) in [5.41, 5.74) is 0. The molecule has 0 aromatic heterocycles. The van der Waals surface area contributed by atoms with Crippen LogP contribution in [0.3, 0.4) is 0 Å². The van der Waals surface area contributed by atoms with E-state index in [1.54, 1.807) is 6.92 Å². The Morgan fingerprint density at radius 3 is 2.78 bits per heavy atom. The predicted molar refractivity (Wildman–Crippen MR) is 31.5 cm³/mol. The molecule has 1 saturated heterocycles. The van der Waals surface area contributed by atoms with E-state index in [4.69, 9.17) is 11.6 Å². The largest absolute Gasteiger partial charge is 0.508 e. The molecule has 1 fully saturated rings. The number of ether oxygens (including phenoxy) is 2. The van der Waals surface area contributed by atoms with Crippen LogP contribution in [-0.4, -0.2) is 24.2 Å². The van der Waals surface area contributed by atoms with Gasteiger partial charge >= 0.3 is 6.16 Å². The number of rotatable bonds is 1. The Morgan fingerprint density at radius 2 is 2.56 bits per heavy atom. The lowest BCUT2D eigenvalue weighted by molar-refractivity contribution is 0.118. The van der Waals surface area contributed by atoms with E-state index in [1.807, 2.05) is 0 Å². The second-order valence-electron chi connectivity index (χ2n) is 1.89. The van der Waals surface area contributed by atoms with Crippen molar-refractivity contribution in [2.45, 2.75) is 18.4 Å². The van der Waals surface area contributed by atoms with Gasteiger partial charge in [0.25, 0.3) is 0 Å². The van der Waals surface area contributed by atoms with E-state index in [9.17, 15) is 4.79 Å². The van der Waals surface area contributed by atoms with E-state index in [-0.39, 0.29) is 18.1 Å². The molecule has 0 bridgehead atoms. The molecule has 1 heterocycles. The average molecular weight is 151 g/mol. The van der Waals surface area contributed by atoms with Crippen LogP contribution in [0, 0.1) is 0 Å². The molecule has 1 aliphatic rings. The summed E-state index contributed by atoms with van der Waals surface area (Å²) in [4.78, 5) is 10.3. The van der Waals surface area contributed by atoms with Gasteiger partial charge in [-0.25, -0.2) is 4.79 Å². The van der Waals surface area contributed by atoms with Crippen LogP contribution in [0.4, 0.5) is 4.79 Å². The number of cyclic esters (lactones) is 2. The predicted octanol–water partition coefficient (Wildman–Crippen LogP) is 1.15. The van der Waals surface area contributed by atoms with Crippen LogP contribution in [0.15, 0.2) is 0 Å². The van der Waals surface area contributed by atoms with E-state index < -0.39 is 6.16 Å². The summed E-state index contributed by atoms with van der Waals surface area (Å²) in [5, 5.41) is -0.170. The topological polar surface area (TPSA) is 35.5 Å². The highest BCUT2D eigenvalue weighted by molar-refractivity contribution is 6.20. The van der Waals surface area contributed by atoms with Crippen molar-refractivity contribution >= 4 is 17.8 Å². The standard InChI is InChI=1S/C5H7ClO3/c1-3(6)4-2-8-5(7)9-4/h3-4H,2H2,1H3. The summed E-state index contributed by atoms with van der Waals surface area (Å²) in [6.45, 7) is 2.04. The monoisotopic (exact) mass is 150 g/mol. The fourth-order valence-electron chi connectivity index (χ4n) is 0.568. The van der Waals surface area contributed by atoms with Crippen molar-refractivity contribution in [3.63, 3.8) is 0 Å². The first-order valence-electron chi connectivity index (χ1n) is 2.67. The lowest BCUT2D eigenvalue weighted by atomic mass is 10.3. The lowest BCUT2D eigenvalue weighted by Gasteiger charge is -2.05. The maximum absolute atomic E-state index is 10.3. The third-order valence-electron chi connectivity index (χ3n) is 1.13. The fraction of sp³-hybridized carbons (Fsp3) is 0.800. The normalized spacial score (nSPS) is 29.1. The van der Waals surface area contributed by atoms with Gasteiger partial charge in [0, 0.05) is 0 Å². The summed E-state index contributed by atoms with van der Waals surface area (Å²) in [5.74, 6) is 0. The number of carbonyl (C=O) groups is 1. The highest BCUT2D eigenvalue weighted by Crippen LogP contribution is 2.13. The number of alkyl halides is 1. The van der Waals surface area contributed by atoms with Crippen molar-refractivity contribution in [1.29, 1.82) is 0 Å². The highest BCUT2D eigenvalue weighted by Gasteiger charge is 2.28. The minimum Gasteiger partial charge on any atom is -0.430 e. The molecule has 0 aliphatic carbocycles. The van der Waals surface area contributed by atoms with Gasteiger partial charge < -0.3 is 9.47 Å². The van der Waals surface area contributed by atoms with E-state index >= 15 is 0 Å². The Bertz CT molecular complexity index is 123. The molecule has 0 radical (unpaired) electrons. The zero-order valence-electron chi connectivity index (χ0n) is 4.96. The maximum Gasteiger partial charge on any atom is 0.508 e. The Labute approximate surface area is 57.9 Å². The van der Waals surface area contributed by atoms with Gasteiger partial charge in [0.05, 0.1) is 5.38 Å². The van der Waals surface area contributed by atoms with Crippen molar-refractivity contribution in [2.75, 3.05) is 6.61 Å². The minimum absolute atomic E-state index is 0.170. The number of hydrogen-bond donors (Lipinski definition) is 0. The van der Waals surface area contributed by atoms with Crippen LogP contribution >= 0.6 is 11.6 Å². The molecule has 52 valence electrons. The second kappa shape index (κ2) is 2.43. The molecule has 0 aromatic carbocycles. The van der Waals surface area contributed by atoms with Crippen molar-refractivity contribution in [1.82, 2.24) is 0 Å². The van der Waals surface area contributed by atoms with Gasteiger partial charge in [-0.2, -0.15) is 0 Å². The first-order valence-corrected chi connectivity index (χ1v) is 3.11. The van der Waals surface area contributed by atoms with Crippen LogP contribution < -0.4 is 0 Å². The highest BCUT2D eigenvalue weighted by atomic mass is 35.5. The minimum atomic E-state index is -0.618. The summed E-state index contributed by atoms with van der Waals surface area (Å²) >= 11 is 5.59. The molecular weight excluding hydrogens is 144 g/mol. The van der Waals surface area contributed by atoms with Gasteiger partial charge in [-0.05, 0) is 6.92 Å². The van der Waals surface area contributed by atoms with Gasteiger partial charge in [0.15, 0.2) is 6.10 Å². The third kappa shape index (κ3) is 1.48. The van der Waals surface area contributed by atoms with Crippen molar-refractivity contribution in [3.8, 4) is 0 Å². The smallest absolute Gasteiger partial charge is 0.430 e. The van der Waals surface area contributed by atoms with Crippen LogP contribution in [0.2, 0.25) is 0 Å². The zero-order chi connectivity index (χ0) is 6.85. The molecule has 9 heavy (non-hydrogen) atoms. The molecule has 1 rings (SSSR count). The van der Waals surface area contributed by atoms with Gasteiger partial charge in [-0.3, -0.25) is 0 Å². The SMILES string of the molecule is CC(Cl)C1COC(=O)O1. The third-order valence-corrected chi connectivity index (χ3v) is 1.41. The first kappa shape index (κ1) is 6.68. The van der Waals surface area contributed by atoms with Crippen LogP contribution in [0.5, 0.6) is 0 Å². The lowest BCUT2D eigenvalue weighted by Crippen LogP contribution is -2.19. The Kier molecular flexibility index (Phi) is 1.81. The molecule has 0 saturated carbocycles. The molecule has 2 unspecified atom stereocenters. The van der Waals surface area contributed by atoms with E-state index in [1.165, 1.54) is 0 Å². The van der Waals surface area contributed by atoms with Crippen molar-refractivity contribution in [2.24, 2.45) is 0 Å². The van der Waals surface area contributed by atoms with Gasteiger partial charge in [-0.15, -0.1) is 11.6 Å². The molecule has 0 amide bonds. The zero-order valence-corrected chi connectivity index (χ0v) is 5.72. The van der Waals surface area contributed by atoms with Crippen molar-refractivity contribution < 1.29 is 14.3 Å². The number of hydrogen-bond acceptors (Lipinski definition) is 3. The fourth-order valence-corrected chi connectivity index (χ4v) is 0.692. The molecular formula is C5H7ClO3. The molecule has 0 N–H and O–H groups in total. The molecule has 2 atom stereocenters. The molecule has 3 nitrogen and oxygen atoms in total. The van der Waals surface area contributed by atoms with E-state index in [2.05, 4.69) is 9.47 Å². The van der Waals surface area contributed by atoms with Crippen LogP contribution in [0.25, 0.3) is 0 Å². The van der Waals surface area contributed by atoms with Gasteiger partial charge in [0.2, 0.25) is 0 Å². The quantitative estimate of drug-likeness (QED) is 0.416. The van der Waals surface area contributed by atoms with Gasteiger partial charge in [-0.1, -0.05) is 0 Å². The van der Waals surface area contributed by atoms with E-state index in [0.717, 1.165) is 0 Å². The van der Waals surface area contributed by atoms with E-state index in [0.29, 0.717) is 0 Å². The first-order chi connectivity index (χ1) is 4.20. The molecule has 0 aromatic rings. The van der Waals surface area contributed by atoms with Gasteiger partial charge in [0.1, 0.15) is 6.61 Å². The summed E-state index contributed by atoms with van der Waals surface area (Å²) in [6, 6.07) is 0. The summed E-state index contributed by atoms with van der Waals surface area (Å²) in [6.07, 6.45) is -0.883.